The van der Waals surface area contributed by atoms with Gasteiger partial charge in [-0.1, -0.05) is 12.1 Å². The molecule has 0 bridgehead atoms. The van der Waals surface area contributed by atoms with Crippen molar-refractivity contribution in [3.05, 3.63) is 53.6 Å². The summed E-state index contributed by atoms with van der Waals surface area (Å²) in [6, 6.07) is 12.7. The zero-order chi connectivity index (χ0) is 18.0. The molecule has 0 saturated carbocycles. The van der Waals surface area contributed by atoms with Crippen molar-refractivity contribution in [2.75, 3.05) is 16.3 Å². The van der Waals surface area contributed by atoms with E-state index in [0.717, 1.165) is 29.5 Å². The van der Waals surface area contributed by atoms with E-state index in [0.29, 0.717) is 5.69 Å². The van der Waals surface area contributed by atoms with Crippen LogP contribution < -0.4 is 20.9 Å². The van der Waals surface area contributed by atoms with Gasteiger partial charge in [0, 0.05) is 23.8 Å². The molecule has 8 heteroatoms. The molecule has 3 rings (SSSR count). The minimum Gasteiger partial charge on any atom is -0.508 e. The second kappa shape index (κ2) is 6.91. The van der Waals surface area contributed by atoms with Gasteiger partial charge in [-0.15, -0.1) is 0 Å². The van der Waals surface area contributed by atoms with Gasteiger partial charge in [0.1, 0.15) is 5.75 Å². The van der Waals surface area contributed by atoms with E-state index in [1.165, 1.54) is 0 Å². The number of anilines is 2. The SMILES string of the molecule is Cc1cc(NS(C)(=O)=O)ccc1NC1CC(c2ccc(O)cc2)NN1. The van der Waals surface area contributed by atoms with Gasteiger partial charge in [0.2, 0.25) is 10.0 Å². The van der Waals surface area contributed by atoms with Crippen molar-refractivity contribution in [1.82, 2.24) is 10.9 Å². The first-order valence-electron chi connectivity index (χ1n) is 7.95. The Morgan fingerprint density at radius 3 is 2.48 bits per heavy atom. The summed E-state index contributed by atoms with van der Waals surface area (Å²) in [7, 11) is -3.28. The molecular weight excluding hydrogens is 340 g/mol. The van der Waals surface area contributed by atoms with Crippen molar-refractivity contribution in [1.29, 1.82) is 0 Å². The lowest BCUT2D eigenvalue weighted by atomic mass is 10.0. The Bertz CT molecular complexity index is 853. The maximum absolute atomic E-state index is 11.3. The smallest absolute Gasteiger partial charge is 0.229 e. The van der Waals surface area contributed by atoms with Gasteiger partial charge >= 0.3 is 0 Å². The molecule has 2 aromatic rings. The summed E-state index contributed by atoms with van der Waals surface area (Å²) in [5.74, 6) is 0.253. The fraction of sp³-hybridized carbons (Fsp3) is 0.294. The first-order chi connectivity index (χ1) is 11.8. The molecule has 2 aromatic carbocycles. The van der Waals surface area contributed by atoms with Crippen molar-refractivity contribution in [2.24, 2.45) is 0 Å². The molecule has 5 N–H and O–H groups in total. The third-order valence-corrected chi connectivity index (χ3v) is 4.66. The molecule has 0 amide bonds. The normalized spacial score (nSPS) is 20.4. The van der Waals surface area contributed by atoms with Crippen LogP contribution in [-0.2, 0) is 10.0 Å². The van der Waals surface area contributed by atoms with E-state index in [2.05, 4.69) is 20.9 Å². The Labute approximate surface area is 147 Å². The van der Waals surface area contributed by atoms with E-state index in [-0.39, 0.29) is 18.0 Å². The highest BCUT2D eigenvalue weighted by Crippen LogP contribution is 2.26. The fourth-order valence-electron chi connectivity index (χ4n) is 2.87. The van der Waals surface area contributed by atoms with Gasteiger partial charge in [0.05, 0.1) is 12.4 Å². The van der Waals surface area contributed by atoms with Crippen LogP contribution in [0.2, 0.25) is 0 Å². The number of benzene rings is 2. The fourth-order valence-corrected chi connectivity index (χ4v) is 3.42. The molecule has 1 fully saturated rings. The average Bonchev–Trinajstić information content (AvgIpc) is 2.98. The topological polar surface area (TPSA) is 102 Å². The van der Waals surface area contributed by atoms with Gasteiger partial charge in [-0.05, 0) is 48.4 Å². The van der Waals surface area contributed by atoms with Crippen LogP contribution in [0, 0.1) is 6.92 Å². The summed E-state index contributed by atoms with van der Waals surface area (Å²) in [6.07, 6.45) is 1.99. The van der Waals surface area contributed by atoms with E-state index < -0.39 is 10.0 Å². The van der Waals surface area contributed by atoms with Gasteiger partial charge in [0.15, 0.2) is 0 Å². The van der Waals surface area contributed by atoms with E-state index in [4.69, 9.17) is 0 Å². The highest BCUT2D eigenvalue weighted by Gasteiger charge is 2.25. The lowest BCUT2D eigenvalue weighted by Gasteiger charge is -2.17. The number of phenols is 1. The molecule has 0 spiro atoms. The monoisotopic (exact) mass is 362 g/mol. The zero-order valence-electron chi connectivity index (χ0n) is 14.1. The predicted molar refractivity (Wildman–Crippen MR) is 98.8 cm³/mol. The van der Waals surface area contributed by atoms with Crippen LogP contribution >= 0.6 is 0 Å². The Hall–Kier alpha value is -2.29. The molecule has 1 heterocycles. The van der Waals surface area contributed by atoms with Crippen molar-refractivity contribution >= 4 is 21.4 Å². The maximum atomic E-state index is 11.3. The summed E-state index contributed by atoms with van der Waals surface area (Å²) < 4.78 is 25.1. The number of sulfonamides is 1. The van der Waals surface area contributed by atoms with E-state index >= 15 is 0 Å². The summed E-state index contributed by atoms with van der Waals surface area (Å²) in [4.78, 5) is 0. The molecule has 134 valence electrons. The van der Waals surface area contributed by atoms with Crippen molar-refractivity contribution in [3.8, 4) is 5.75 Å². The number of hydrogen-bond acceptors (Lipinski definition) is 6. The molecule has 1 saturated heterocycles. The highest BCUT2D eigenvalue weighted by molar-refractivity contribution is 7.92. The van der Waals surface area contributed by atoms with Crippen LogP contribution in [0.1, 0.15) is 23.6 Å². The lowest BCUT2D eigenvalue weighted by molar-refractivity contribution is 0.474. The van der Waals surface area contributed by atoms with Gasteiger partial charge in [-0.25, -0.2) is 19.3 Å². The van der Waals surface area contributed by atoms with Crippen LogP contribution in [0.5, 0.6) is 5.75 Å². The number of aromatic hydroxyl groups is 1. The summed E-state index contributed by atoms with van der Waals surface area (Å²) in [6.45, 7) is 1.93. The number of rotatable bonds is 5. The minimum atomic E-state index is -3.28. The number of hydrogen-bond donors (Lipinski definition) is 5. The third-order valence-electron chi connectivity index (χ3n) is 4.06. The zero-order valence-corrected chi connectivity index (χ0v) is 14.9. The maximum Gasteiger partial charge on any atom is 0.229 e. The molecule has 2 atom stereocenters. The average molecular weight is 362 g/mol. The molecule has 7 nitrogen and oxygen atoms in total. The number of phenolic OH excluding ortho intramolecular Hbond substituents is 1. The van der Waals surface area contributed by atoms with E-state index in [1.54, 1.807) is 24.3 Å². The van der Waals surface area contributed by atoms with Crippen LogP contribution in [0.3, 0.4) is 0 Å². The molecule has 0 aromatic heterocycles. The van der Waals surface area contributed by atoms with Gasteiger partial charge < -0.3 is 10.4 Å². The molecular formula is C17H22N4O3S. The summed E-state index contributed by atoms with van der Waals surface area (Å²) in [5, 5.41) is 12.8. The molecule has 1 aliphatic rings. The van der Waals surface area contributed by atoms with E-state index in [9.17, 15) is 13.5 Å². The van der Waals surface area contributed by atoms with Crippen LogP contribution in [-0.4, -0.2) is 25.9 Å². The van der Waals surface area contributed by atoms with Crippen molar-refractivity contribution < 1.29 is 13.5 Å². The van der Waals surface area contributed by atoms with Crippen LogP contribution in [0.25, 0.3) is 0 Å². The Kier molecular flexibility index (Phi) is 4.85. The Morgan fingerprint density at radius 2 is 1.84 bits per heavy atom. The number of aryl methyl sites for hydroxylation is 1. The second-order valence-electron chi connectivity index (χ2n) is 6.27. The van der Waals surface area contributed by atoms with E-state index in [1.807, 2.05) is 25.1 Å². The molecule has 1 aliphatic heterocycles. The van der Waals surface area contributed by atoms with Crippen LogP contribution in [0.15, 0.2) is 42.5 Å². The second-order valence-corrected chi connectivity index (χ2v) is 8.02. The standard InChI is InChI=1S/C17H22N4O3S/c1-11-9-13(21-25(2,23)24)5-8-15(11)18-17-10-16(19-20-17)12-3-6-14(22)7-4-12/h3-9,16-22H,10H2,1-2H3. The lowest BCUT2D eigenvalue weighted by Crippen LogP contribution is -2.36. The first kappa shape index (κ1) is 17.5. The Morgan fingerprint density at radius 1 is 1.12 bits per heavy atom. The van der Waals surface area contributed by atoms with Crippen molar-refractivity contribution in [3.63, 3.8) is 0 Å². The largest absolute Gasteiger partial charge is 0.508 e. The van der Waals surface area contributed by atoms with Gasteiger partial charge in [-0.2, -0.15) is 0 Å². The number of hydrazine groups is 1. The predicted octanol–water partition coefficient (Wildman–Crippen LogP) is 2.05. The molecule has 0 aliphatic carbocycles. The van der Waals surface area contributed by atoms with Crippen LogP contribution in [0.4, 0.5) is 11.4 Å². The number of nitrogens with one attached hydrogen (secondary N) is 4. The molecule has 2 unspecified atom stereocenters. The summed E-state index contributed by atoms with van der Waals surface area (Å²) in [5.41, 5.74) is 9.98. The van der Waals surface area contributed by atoms with Crippen molar-refractivity contribution in [2.45, 2.75) is 25.6 Å². The summed E-state index contributed by atoms with van der Waals surface area (Å²) >= 11 is 0. The minimum absolute atomic E-state index is 0.0335. The molecule has 0 radical (unpaired) electrons. The third kappa shape index (κ3) is 4.62. The quantitative estimate of drug-likeness (QED) is 0.558. The molecule has 25 heavy (non-hydrogen) atoms. The van der Waals surface area contributed by atoms with Gasteiger partial charge in [0.25, 0.3) is 0 Å². The Balaban J connectivity index is 1.64. The highest BCUT2D eigenvalue weighted by atomic mass is 32.2. The van der Waals surface area contributed by atoms with Gasteiger partial charge in [-0.3, -0.25) is 4.72 Å². The first-order valence-corrected chi connectivity index (χ1v) is 9.84.